The molecule has 19 heavy (non-hydrogen) atoms. The molecule has 1 heterocycles. The zero-order chi connectivity index (χ0) is 13.1. The maximum absolute atomic E-state index is 5.73. The quantitative estimate of drug-likeness (QED) is 0.668. The Morgan fingerprint density at radius 2 is 1.74 bits per heavy atom. The number of fused-ring (bicyclic) bond motifs is 1. The Hall–Kier alpha value is -2.33. The summed E-state index contributed by atoms with van der Waals surface area (Å²) in [6.45, 7) is 1.27. The summed E-state index contributed by atoms with van der Waals surface area (Å²) in [7, 11) is 0. The molecule has 0 aliphatic carbocycles. The zero-order valence-corrected chi connectivity index (χ0v) is 10.6. The fourth-order valence-corrected chi connectivity index (χ4v) is 2.14. The van der Waals surface area contributed by atoms with Gasteiger partial charge in [0.25, 0.3) is 0 Å². The van der Waals surface area contributed by atoms with Crippen LogP contribution in [-0.2, 0) is 13.1 Å². The number of aromatic amines is 1. The Morgan fingerprint density at radius 3 is 2.53 bits per heavy atom. The van der Waals surface area contributed by atoms with Crippen molar-refractivity contribution in [1.82, 2.24) is 9.97 Å². The summed E-state index contributed by atoms with van der Waals surface area (Å²) < 4.78 is 0. The molecule has 0 bridgehead atoms. The molecule has 2 aromatic carbocycles. The van der Waals surface area contributed by atoms with Gasteiger partial charge in [-0.3, -0.25) is 0 Å². The lowest BCUT2D eigenvalue weighted by atomic mass is 10.1. The molecular formula is C15H16N4. The van der Waals surface area contributed by atoms with Gasteiger partial charge in [0, 0.05) is 13.1 Å². The molecule has 4 N–H and O–H groups in total. The summed E-state index contributed by atoms with van der Waals surface area (Å²) in [5, 5.41) is 3.30. The highest BCUT2D eigenvalue weighted by Crippen LogP contribution is 2.15. The van der Waals surface area contributed by atoms with E-state index in [2.05, 4.69) is 27.4 Å². The number of hydrogen-bond donors (Lipinski definition) is 3. The van der Waals surface area contributed by atoms with Gasteiger partial charge in [0.2, 0.25) is 5.95 Å². The Balaban J connectivity index is 1.78. The molecule has 3 aromatic rings. The number of benzene rings is 2. The SMILES string of the molecule is NCc1ccccc1CNc1nc2ccccc2[nH]1. The normalized spacial score (nSPS) is 10.8. The number of nitrogens with two attached hydrogens (primary N) is 1. The summed E-state index contributed by atoms with van der Waals surface area (Å²) >= 11 is 0. The van der Waals surface area contributed by atoms with E-state index >= 15 is 0 Å². The van der Waals surface area contributed by atoms with Crippen LogP contribution in [0.4, 0.5) is 5.95 Å². The van der Waals surface area contributed by atoms with E-state index in [-0.39, 0.29) is 0 Å². The molecule has 0 atom stereocenters. The van der Waals surface area contributed by atoms with Crippen LogP contribution in [0.5, 0.6) is 0 Å². The Morgan fingerprint density at radius 1 is 1.00 bits per heavy atom. The van der Waals surface area contributed by atoms with E-state index < -0.39 is 0 Å². The van der Waals surface area contributed by atoms with E-state index in [1.807, 2.05) is 36.4 Å². The van der Waals surface area contributed by atoms with E-state index in [1.165, 1.54) is 5.56 Å². The second-order valence-electron chi connectivity index (χ2n) is 4.43. The average molecular weight is 252 g/mol. The monoisotopic (exact) mass is 252 g/mol. The minimum atomic E-state index is 0.554. The number of imidazole rings is 1. The lowest BCUT2D eigenvalue weighted by Crippen LogP contribution is -2.06. The summed E-state index contributed by atoms with van der Waals surface area (Å²) in [5.41, 5.74) is 10.1. The van der Waals surface area contributed by atoms with Crippen LogP contribution < -0.4 is 11.1 Å². The maximum Gasteiger partial charge on any atom is 0.201 e. The number of nitrogens with zero attached hydrogens (tertiary/aromatic N) is 1. The fraction of sp³-hybridized carbons (Fsp3) is 0.133. The standard InChI is InChI=1S/C15H16N4/c16-9-11-5-1-2-6-12(11)10-17-15-18-13-7-3-4-8-14(13)19-15/h1-8H,9-10,16H2,(H2,17,18,19). The Bertz CT molecular complexity index is 654. The van der Waals surface area contributed by atoms with Crippen LogP contribution in [0.3, 0.4) is 0 Å². The predicted molar refractivity (Wildman–Crippen MR) is 77.8 cm³/mol. The van der Waals surface area contributed by atoms with Crippen molar-refractivity contribution in [2.75, 3.05) is 5.32 Å². The number of hydrogen-bond acceptors (Lipinski definition) is 3. The van der Waals surface area contributed by atoms with Gasteiger partial charge in [-0.25, -0.2) is 4.98 Å². The molecule has 0 aliphatic rings. The van der Waals surface area contributed by atoms with Crippen LogP contribution in [0, 0.1) is 0 Å². The number of para-hydroxylation sites is 2. The molecule has 0 saturated heterocycles. The molecule has 0 aliphatic heterocycles. The van der Waals surface area contributed by atoms with Gasteiger partial charge in [0.1, 0.15) is 0 Å². The predicted octanol–water partition coefficient (Wildman–Crippen LogP) is 2.63. The molecule has 0 fully saturated rings. The number of H-pyrrole nitrogens is 1. The van der Waals surface area contributed by atoms with Gasteiger partial charge in [-0.1, -0.05) is 36.4 Å². The second kappa shape index (κ2) is 5.12. The number of anilines is 1. The van der Waals surface area contributed by atoms with E-state index in [0.717, 1.165) is 22.5 Å². The molecule has 4 nitrogen and oxygen atoms in total. The molecule has 0 radical (unpaired) electrons. The first-order valence-corrected chi connectivity index (χ1v) is 6.32. The van der Waals surface area contributed by atoms with Crippen LogP contribution in [0.1, 0.15) is 11.1 Å². The van der Waals surface area contributed by atoms with Crippen LogP contribution in [0.2, 0.25) is 0 Å². The summed E-state index contributed by atoms with van der Waals surface area (Å²) in [4.78, 5) is 7.74. The highest BCUT2D eigenvalue weighted by atomic mass is 15.1. The molecule has 3 rings (SSSR count). The Kier molecular flexibility index (Phi) is 3.16. The number of nitrogens with one attached hydrogen (secondary N) is 2. The van der Waals surface area contributed by atoms with Crippen molar-refractivity contribution in [1.29, 1.82) is 0 Å². The van der Waals surface area contributed by atoms with E-state index in [0.29, 0.717) is 13.1 Å². The molecule has 0 unspecified atom stereocenters. The van der Waals surface area contributed by atoms with Gasteiger partial charge in [-0.2, -0.15) is 0 Å². The molecule has 0 spiro atoms. The second-order valence-corrected chi connectivity index (χ2v) is 4.43. The van der Waals surface area contributed by atoms with Crippen LogP contribution in [-0.4, -0.2) is 9.97 Å². The van der Waals surface area contributed by atoms with Crippen molar-refractivity contribution in [3.05, 3.63) is 59.7 Å². The highest BCUT2D eigenvalue weighted by molar-refractivity contribution is 5.77. The van der Waals surface area contributed by atoms with Crippen LogP contribution in [0.15, 0.2) is 48.5 Å². The fourth-order valence-electron chi connectivity index (χ4n) is 2.14. The van der Waals surface area contributed by atoms with Crippen molar-refractivity contribution in [2.45, 2.75) is 13.1 Å². The Labute approximate surface area is 111 Å². The smallest absolute Gasteiger partial charge is 0.201 e. The first kappa shape index (κ1) is 11.7. The maximum atomic E-state index is 5.73. The lowest BCUT2D eigenvalue weighted by Gasteiger charge is -2.07. The number of rotatable bonds is 4. The summed E-state index contributed by atoms with van der Waals surface area (Å²) in [6.07, 6.45) is 0. The van der Waals surface area contributed by atoms with E-state index in [1.54, 1.807) is 0 Å². The van der Waals surface area contributed by atoms with Gasteiger partial charge in [-0.05, 0) is 23.3 Å². The van der Waals surface area contributed by atoms with Crippen molar-refractivity contribution in [3.8, 4) is 0 Å². The molecular weight excluding hydrogens is 236 g/mol. The zero-order valence-electron chi connectivity index (χ0n) is 10.6. The van der Waals surface area contributed by atoms with Crippen molar-refractivity contribution >= 4 is 17.0 Å². The third-order valence-electron chi connectivity index (χ3n) is 3.17. The molecule has 1 aromatic heterocycles. The topological polar surface area (TPSA) is 66.7 Å². The van der Waals surface area contributed by atoms with Gasteiger partial charge in [0.15, 0.2) is 0 Å². The van der Waals surface area contributed by atoms with E-state index in [9.17, 15) is 0 Å². The third-order valence-corrected chi connectivity index (χ3v) is 3.17. The highest BCUT2D eigenvalue weighted by Gasteiger charge is 2.03. The van der Waals surface area contributed by atoms with Crippen molar-refractivity contribution < 1.29 is 0 Å². The minimum absolute atomic E-state index is 0.554. The molecule has 0 saturated carbocycles. The third kappa shape index (κ3) is 2.44. The van der Waals surface area contributed by atoms with Gasteiger partial charge in [-0.15, -0.1) is 0 Å². The van der Waals surface area contributed by atoms with Gasteiger partial charge >= 0.3 is 0 Å². The largest absolute Gasteiger partial charge is 0.352 e. The first-order valence-electron chi connectivity index (χ1n) is 6.32. The van der Waals surface area contributed by atoms with Crippen LogP contribution in [0.25, 0.3) is 11.0 Å². The molecule has 4 heteroatoms. The average Bonchev–Trinajstić information content (AvgIpc) is 2.88. The van der Waals surface area contributed by atoms with Crippen molar-refractivity contribution in [3.63, 3.8) is 0 Å². The molecule has 96 valence electrons. The van der Waals surface area contributed by atoms with Gasteiger partial charge in [0.05, 0.1) is 11.0 Å². The lowest BCUT2D eigenvalue weighted by molar-refractivity contribution is 0.998. The minimum Gasteiger partial charge on any atom is -0.352 e. The van der Waals surface area contributed by atoms with E-state index in [4.69, 9.17) is 5.73 Å². The van der Waals surface area contributed by atoms with Crippen LogP contribution >= 0.6 is 0 Å². The summed E-state index contributed by atoms with van der Waals surface area (Å²) in [5.74, 6) is 0.785. The van der Waals surface area contributed by atoms with Gasteiger partial charge < -0.3 is 16.0 Å². The molecule has 0 amide bonds. The number of aromatic nitrogens is 2. The van der Waals surface area contributed by atoms with Crippen molar-refractivity contribution in [2.24, 2.45) is 5.73 Å². The first-order chi connectivity index (χ1) is 9.36. The summed E-state index contributed by atoms with van der Waals surface area (Å²) in [6, 6.07) is 16.1.